The van der Waals surface area contributed by atoms with Crippen molar-refractivity contribution < 1.29 is 18.9 Å². The summed E-state index contributed by atoms with van der Waals surface area (Å²) in [5.41, 5.74) is 8.53. The SMILES string of the molecule is COCCCOc1cccc(-c2ccc(CCOCCCOCCCNc3ccc(-c4ccc(C)cc4)cc3)cc2)c1. The van der Waals surface area contributed by atoms with Gasteiger partial charge in [-0.2, -0.15) is 0 Å². The Balaban J connectivity index is 1.01. The molecule has 0 aliphatic rings. The maximum absolute atomic E-state index is 5.84. The number of hydrogen-bond donors (Lipinski definition) is 1. The van der Waals surface area contributed by atoms with Crippen LogP contribution in [0.25, 0.3) is 22.3 Å². The summed E-state index contributed by atoms with van der Waals surface area (Å²) in [7, 11) is 1.71. The van der Waals surface area contributed by atoms with Crippen molar-refractivity contribution >= 4 is 5.69 Å². The summed E-state index contributed by atoms with van der Waals surface area (Å²) in [6.45, 7) is 7.30. The summed E-state index contributed by atoms with van der Waals surface area (Å²) in [5, 5.41) is 3.48. The van der Waals surface area contributed by atoms with E-state index in [1.54, 1.807) is 7.11 Å². The molecular weight excluding hydrogens is 522 g/mol. The molecule has 0 unspecified atom stereocenters. The first-order valence-corrected chi connectivity index (χ1v) is 15.1. The highest BCUT2D eigenvalue weighted by atomic mass is 16.5. The fourth-order valence-electron chi connectivity index (χ4n) is 4.61. The van der Waals surface area contributed by atoms with Gasteiger partial charge in [-0.15, -0.1) is 0 Å². The molecule has 4 aromatic carbocycles. The molecule has 0 heterocycles. The normalized spacial score (nSPS) is 11.0. The molecule has 4 aromatic rings. The van der Waals surface area contributed by atoms with Crippen molar-refractivity contribution in [2.24, 2.45) is 0 Å². The van der Waals surface area contributed by atoms with Crippen LogP contribution in [0, 0.1) is 6.92 Å². The highest BCUT2D eigenvalue weighted by molar-refractivity contribution is 5.66. The van der Waals surface area contributed by atoms with Gasteiger partial charge in [-0.25, -0.2) is 0 Å². The predicted molar refractivity (Wildman–Crippen MR) is 174 cm³/mol. The molecule has 0 aromatic heterocycles. The van der Waals surface area contributed by atoms with Crippen LogP contribution in [-0.4, -0.2) is 53.3 Å². The molecule has 0 aliphatic carbocycles. The lowest BCUT2D eigenvalue weighted by molar-refractivity contribution is 0.0839. The van der Waals surface area contributed by atoms with Crippen LogP contribution in [0.2, 0.25) is 0 Å². The number of benzene rings is 4. The van der Waals surface area contributed by atoms with E-state index in [0.29, 0.717) is 13.2 Å². The topological polar surface area (TPSA) is 49.0 Å². The largest absolute Gasteiger partial charge is 0.493 e. The summed E-state index contributed by atoms with van der Waals surface area (Å²) in [6.07, 6.45) is 3.68. The van der Waals surface area contributed by atoms with E-state index < -0.39 is 0 Å². The zero-order chi connectivity index (χ0) is 29.2. The van der Waals surface area contributed by atoms with Crippen LogP contribution >= 0.6 is 0 Å². The van der Waals surface area contributed by atoms with Gasteiger partial charge in [0, 0.05) is 52.2 Å². The van der Waals surface area contributed by atoms with Crippen molar-refractivity contribution in [1.82, 2.24) is 0 Å². The van der Waals surface area contributed by atoms with Gasteiger partial charge in [0.15, 0.2) is 0 Å². The summed E-state index contributed by atoms with van der Waals surface area (Å²) >= 11 is 0. The molecular formula is C37H45NO4. The Bertz CT molecular complexity index is 1290. The highest BCUT2D eigenvalue weighted by Gasteiger charge is 2.02. The molecule has 1 N–H and O–H groups in total. The van der Waals surface area contributed by atoms with E-state index in [-0.39, 0.29) is 0 Å². The van der Waals surface area contributed by atoms with Crippen molar-refractivity contribution in [2.75, 3.05) is 58.6 Å². The Hall–Kier alpha value is -3.64. The second kappa shape index (κ2) is 18.0. The lowest BCUT2D eigenvalue weighted by atomic mass is 10.0. The first kappa shape index (κ1) is 31.3. The van der Waals surface area contributed by atoms with Crippen molar-refractivity contribution in [1.29, 1.82) is 0 Å². The number of nitrogens with one attached hydrogen (secondary N) is 1. The number of methoxy groups -OCH3 is 1. The maximum Gasteiger partial charge on any atom is 0.119 e. The van der Waals surface area contributed by atoms with E-state index in [4.69, 9.17) is 18.9 Å². The van der Waals surface area contributed by atoms with Crippen LogP contribution in [0.15, 0.2) is 97.1 Å². The highest BCUT2D eigenvalue weighted by Crippen LogP contribution is 2.25. The monoisotopic (exact) mass is 567 g/mol. The van der Waals surface area contributed by atoms with Gasteiger partial charge in [0.25, 0.3) is 0 Å². The Morgan fingerprint density at radius 1 is 0.571 bits per heavy atom. The first-order valence-electron chi connectivity index (χ1n) is 15.1. The zero-order valence-corrected chi connectivity index (χ0v) is 25.1. The molecule has 0 atom stereocenters. The lowest BCUT2D eigenvalue weighted by Gasteiger charge is -2.09. The fourth-order valence-corrected chi connectivity index (χ4v) is 4.61. The van der Waals surface area contributed by atoms with Crippen LogP contribution in [0.5, 0.6) is 5.75 Å². The quantitative estimate of drug-likeness (QED) is 0.116. The van der Waals surface area contributed by atoms with Crippen LogP contribution in [0.1, 0.15) is 30.4 Å². The standard InChI is InChI=1S/C37H45NO4/c1-30-9-13-32(14-10-30)33-17-19-36(20-18-33)38-22-4-24-40-25-6-26-41-28-21-31-11-15-34(16-12-31)35-7-3-8-37(29-35)42-27-5-23-39-2/h3,7-20,29,38H,4-6,21-28H2,1-2H3. The van der Waals surface area contributed by atoms with E-state index in [1.165, 1.54) is 27.8 Å². The average molecular weight is 568 g/mol. The van der Waals surface area contributed by atoms with Crippen molar-refractivity contribution in [3.8, 4) is 28.0 Å². The Kier molecular flexibility index (Phi) is 13.4. The van der Waals surface area contributed by atoms with Gasteiger partial charge in [-0.3, -0.25) is 0 Å². The van der Waals surface area contributed by atoms with E-state index >= 15 is 0 Å². The van der Waals surface area contributed by atoms with Crippen molar-refractivity contribution in [3.63, 3.8) is 0 Å². The molecule has 0 spiro atoms. The van der Waals surface area contributed by atoms with E-state index in [1.807, 2.05) is 12.1 Å². The molecule has 4 rings (SSSR count). The van der Waals surface area contributed by atoms with Gasteiger partial charge in [0.1, 0.15) is 5.75 Å². The minimum atomic E-state index is 0.658. The molecule has 0 aliphatic heterocycles. The number of aryl methyl sites for hydroxylation is 1. The Labute approximate surface area is 251 Å². The van der Waals surface area contributed by atoms with Gasteiger partial charge in [-0.05, 0) is 78.3 Å². The zero-order valence-electron chi connectivity index (χ0n) is 25.1. The molecule has 42 heavy (non-hydrogen) atoms. The van der Waals surface area contributed by atoms with Gasteiger partial charge in [0.2, 0.25) is 0 Å². The van der Waals surface area contributed by atoms with E-state index in [2.05, 4.69) is 97.2 Å². The average Bonchev–Trinajstić information content (AvgIpc) is 3.03. The Morgan fingerprint density at radius 3 is 1.93 bits per heavy atom. The smallest absolute Gasteiger partial charge is 0.119 e. The van der Waals surface area contributed by atoms with Crippen LogP contribution in [-0.2, 0) is 20.6 Å². The second-order valence-electron chi connectivity index (χ2n) is 10.5. The third-order valence-electron chi connectivity index (χ3n) is 7.06. The van der Waals surface area contributed by atoms with Crippen LogP contribution in [0.4, 0.5) is 5.69 Å². The molecule has 5 nitrogen and oxygen atoms in total. The molecule has 0 saturated heterocycles. The molecule has 0 radical (unpaired) electrons. The van der Waals surface area contributed by atoms with Crippen molar-refractivity contribution in [2.45, 2.75) is 32.6 Å². The minimum absolute atomic E-state index is 0.658. The third-order valence-corrected chi connectivity index (χ3v) is 7.06. The number of rotatable bonds is 19. The molecule has 0 amide bonds. The van der Waals surface area contributed by atoms with Gasteiger partial charge >= 0.3 is 0 Å². The van der Waals surface area contributed by atoms with E-state index in [0.717, 1.165) is 75.7 Å². The number of hydrogen-bond acceptors (Lipinski definition) is 5. The van der Waals surface area contributed by atoms with Gasteiger partial charge in [-0.1, -0.05) is 78.4 Å². The van der Waals surface area contributed by atoms with E-state index in [9.17, 15) is 0 Å². The van der Waals surface area contributed by atoms with Crippen molar-refractivity contribution in [3.05, 3.63) is 108 Å². The lowest BCUT2D eigenvalue weighted by Crippen LogP contribution is -2.08. The van der Waals surface area contributed by atoms with Gasteiger partial charge < -0.3 is 24.3 Å². The maximum atomic E-state index is 5.84. The number of anilines is 1. The summed E-state index contributed by atoms with van der Waals surface area (Å²) in [6, 6.07) is 34.2. The fraction of sp³-hybridized carbons (Fsp3) is 0.351. The molecule has 0 fully saturated rings. The summed E-state index contributed by atoms with van der Waals surface area (Å²) < 4.78 is 22.5. The molecule has 0 bridgehead atoms. The van der Waals surface area contributed by atoms with Crippen LogP contribution < -0.4 is 10.1 Å². The first-order chi connectivity index (χ1) is 20.7. The molecule has 5 heteroatoms. The number of ether oxygens (including phenoxy) is 4. The summed E-state index contributed by atoms with van der Waals surface area (Å²) in [5.74, 6) is 0.891. The second-order valence-corrected chi connectivity index (χ2v) is 10.5. The molecule has 0 saturated carbocycles. The third kappa shape index (κ3) is 11.0. The summed E-state index contributed by atoms with van der Waals surface area (Å²) in [4.78, 5) is 0. The molecule has 222 valence electrons. The predicted octanol–water partition coefficient (Wildman–Crippen LogP) is 8.21. The minimum Gasteiger partial charge on any atom is -0.493 e. The Morgan fingerprint density at radius 2 is 1.19 bits per heavy atom. The van der Waals surface area contributed by atoms with Crippen LogP contribution in [0.3, 0.4) is 0 Å². The van der Waals surface area contributed by atoms with Gasteiger partial charge in [0.05, 0.1) is 13.2 Å².